The van der Waals surface area contributed by atoms with Gasteiger partial charge in [-0.15, -0.1) is 0 Å². The van der Waals surface area contributed by atoms with E-state index >= 15 is 0 Å². The number of amides is 3. The topological polar surface area (TPSA) is 113 Å². The number of carbonyl (C=O) groups is 3. The van der Waals surface area contributed by atoms with Crippen molar-refractivity contribution < 1.29 is 22.8 Å². The molecule has 1 heterocycles. The number of carbonyl (C=O) groups excluding carboxylic acids is 3. The van der Waals surface area contributed by atoms with Gasteiger partial charge in [-0.05, 0) is 37.1 Å². The molecule has 1 saturated carbocycles. The molecule has 0 aromatic heterocycles. The maximum absolute atomic E-state index is 12.2. The second-order valence-electron chi connectivity index (χ2n) is 5.78. The van der Waals surface area contributed by atoms with Crippen molar-refractivity contribution in [1.29, 1.82) is 0 Å². The molecule has 0 bridgehead atoms. The number of rotatable bonds is 6. The minimum absolute atomic E-state index is 0.0374. The number of hydrogen-bond donors (Lipinski definition) is 2. The third-order valence-corrected chi connectivity index (χ3v) is 5.24. The second kappa shape index (κ2) is 6.33. The van der Waals surface area contributed by atoms with Crippen LogP contribution in [0.2, 0.25) is 0 Å². The number of anilines is 1. The highest BCUT2D eigenvalue weighted by Gasteiger charge is 2.30. The SMILES string of the molecule is O=C(CNS(=O)(=O)c1ccc(N2C(=O)CCC2=O)cc1)NC1CC1. The van der Waals surface area contributed by atoms with E-state index in [1.165, 1.54) is 24.3 Å². The summed E-state index contributed by atoms with van der Waals surface area (Å²) in [4.78, 5) is 35.9. The summed E-state index contributed by atoms with van der Waals surface area (Å²) < 4.78 is 26.5. The van der Waals surface area contributed by atoms with E-state index in [-0.39, 0.29) is 48.0 Å². The van der Waals surface area contributed by atoms with Crippen LogP contribution in [0.3, 0.4) is 0 Å². The highest BCUT2D eigenvalue weighted by atomic mass is 32.2. The molecular formula is C15H17N3O5S. The van der Waals surface area contributed by atoms with Gasteiger partial charge in [-0.25, -0.2) is 13.1 Å². The lowest BCUT2D eigenvalue weighted by molar-refractivity contribution is -0.121. The van der Waals surface area contributed by atoms with Crippen molar-refractivity contribution in [3.63, 3.8) is 0 Å². The van der Waals surface area contributed by atoms with Crippen molar-refractivity contribution in [3.8, 4) is 0 Å². The molecule has 1 aromatic carbocycles. The summed E-state index contributed by atoms with van der Waals surface area (Å²) in [5, 5.41) is 2.69. The Balaban J connectivity index is 1.66. The Bertz CT molecular complexity index is 768. The minimum Gasteiger partial charge on any atom is -0.352 e. The van der Waals surface area contributed by atoms with E-state index in [0.29, 0.717) is 5.69 Å². The molecule has 2 N–H and O–H groups in total. The molecule has 0 spiro atoms. The van der Waals surface area contributed by atoms with Crippen LogP contribution in [0.25, 0.3) is 0 Å². The van der Waals surface area contributed by atoms with Crippen LogP contribution in [0.4, 0.5) is 5.69 Å². The Morgan fingerprint density at radius 3 is 2.21 bits per heavy atom. The third-order valence-electron chi connectivity index (χ3n) is 3.82. The maximum atomic E-state index is 12.2. The lowest BCUT2D eigenvalue weighted by Crippen LogP contribution is -2.37. The Morgan fingerprint density at radius 1 is 1.08 bits per heavy atom. The molecule has 3 rings (SSSR count). The van der Waals surface area contributed by atoms with E-state index in [1.807, 2.05) is 0 Å². The normalized spacial score (nSPS) is 18.1. The van der Waals surface area contributed by atoms with Crippen LogP contribution in [-0.4, -0.2) is 38.7 Å². The van der Waals surface area contributed by atoms with E-state index in [2.05, 4.69) is 10.0 Å². The van der Waals surface area contributed by atoms with Crippen LogP contribution >= 0.6 is 0 Å². The van der Waals surface area contributed by atoms with Crippen molar-refractivity contribution in [1.82, 2.24) is 10.0 Å². The summed E-state index contributed by atoms with van der Waals surface area (Å²) in [6, 6.07) is 5.57. The molecule has 8 nitrogen and oxygen atoms in total. The van der Waals surface area contributed by atoms with Gasteiger partial charge in [0.25, 0.3) is 0 Å². The summed E-state index contributed by atoms with van der Waals surface area (Å²) in [6.07, 6.45) is 2.18. The van der Waals surface area contributed by atoms with E-state index in [9.17, 15) is 22.8 Å². The molecule has 0 atom stereocenters. The van der Waals surface area contributed by atoms with Gasteiger partial charge in [-0.3, -0.25) is 19.3 Å². The zero-order valence-corrected chi connectivity index (χ0v) is 13.6. The van der Waals surface area contributed by atoms with Crippen molar-refractivity contribution in [3.05, 3.63) is 24.3 Å². The van der Waals surface area contributed by atoms with Gasteiger partial charge >= 0.3 is 0 Å². The Labute approximate surface area is 139 Å². The van der Waals surface area contributed by atoms with Crippen LogP contribution in [0.1, 0.15) is 25.7 Å². The predicted octanol–water partition coefficient (Wildman–Crippen LogP) is -0.103. The lowest BCUT2D eigenvalue weighted by Gasteiger charge is -2.14. The van der Waals surface area contributed by atoms with Gasteiger partial charge in [-0.1, -0.05) is 0 Å². The number of benzene rings is 1. The van der Waals surface area contributed by atoms with E-state index < -0.39 is 10.0 Å². The molecule has 1 saturated heterocycles. The number of nitrogens with zero attached hydrogens (tertiary/aromatic N) is 1. The Kier molecular flexibility index (Phi) is 4.37. The fourth-order valence-corrected chi connectivity index (χ4v) is 3.37. The lowest BCUT2D eigenvalue weighted by atomic mass is 10.3. The Hall–Kier alpha value is -2.26. The molecule has 9 heteroatoms. The maximum Gasteiger partial charge on any atom is 0.241 e. The van der Waals surface area contributed by atoms with Crippen LogP contribution in [0, 0.1) is 0 Å². The molecule has 128 valence electrons. The highest BCUT2D eigenvalue weighted by Crippen LogP contribution is 2.24. The first kappa shape index (κ1) is 16.6. The highest BCUT2D eigenvalue weighted by molar-refractivity contribution is 7.89. The standard InChI is InChI=1S/C15H17N3O5S/c19-13(17-10-1-2-10)9-16-24(22,23)12-5-3-11(4-6-12)18-14(20)7-8-15(18)21/h3-6,10,16H,1-2,7-9H2,(H,17,19). The van der Waals surface area contributed by atoms with Crippen molar-refractivity contribution in [2.24, 2.45) is 0 Å². The van der Waals surface area contributed by atoms with Gasteiger partial charge in [-0.2, -0.15) is 0 Å². The quantitative estimate of drug-likeness (QED) is 0.695. The first-order valence-electron chi connectivity index (χ1n) is 7.62. The number of imide groups is 1. The van der Waals surface area contributed by atoms with Crippen LogP contribution in [-0.2, 0) is 24.4 Å². The van der Waals surface area contributed by atoms with Crippen LogP contribution in [0.15, 0.2) is 29.2 Å². The smallest absolute Gasteiger partial charge is 0.241 e. The number of nitrogens with one attached hydrogen (secondary N) is 2. The monoisotopic (exact) mass is 351 g/mol. The zero-order chi connectivity index (χ0) is 17.3. The molecule has 3 amide bonds. The Morgan fingerprint density at radius 2 is 1.67 bits per heavy atom. The van der Waals surface area contributed by atoms with Gasteiger partial charge in [0.1, 0.15) is 0 Å². The molecule has 0 unspecified atom stereocenters. The van der Waals surface area contributed by atoms with Gasteiger partial charge < -0.3 is 5.32 Å². The third kappa shape index (κ3) is 3.62. The molecule has 0 radical (unpaired) electrons. The first-order chi connectivity index (χ1) is 11.4. The van der Waals surface area contributed by atoms with Crippen molar-refractivity contribution in [2.45, 2.75) is 36.6 Å². The molecule has 1 aliphatic carbocycles. The number of hydrogen-bond acceptors (Lipinski definition) is 5. The van der Waals surface area contributed by atoms with Gasteiger partial charge in [0.15, 0.2) is 0 Å². The fraction of sp³-hybridized carbons (Fsp3) is 0.400. The molecule has 1 aromatic rings. The average molecular weight is 351 g/mol. The largest absolute Gasteiger partial charge is 0.352 e. The molecule has 24 heavy (non-hydrogen) atoms. The summed E-state index contributed by atoms with van der Waals surface area (Å²) in [6.45, 7) is -0.330. The average Bonchev–Trinajstić information content (AvgIpc) is 3.29. The van der Waals surface area contributed by atoms with E-state index in [4.69, 9.17) is 0 Å². The summed E-state index contributed by atoms with van der Waals surface area (Å²) in [7, 11) is -3.84. The van der Waals surface area contributed by atoms with E-state index in [1.54, 1.807) is 0 Å². The summed E-state index contributed by atoms with van der Waals surface area (Å²) in [5.41, 5.74) is 0.341. The van der Waals surface area contributed by atoms with Gasteiger partial charge in [0, 0.05) is 18.9 Å². The molecular weight excluding hydrogens is 334 g/mol. The van der Waals surface area contributed by atoms with Crippen LogP contribution < -0.4 is 14.9 Å². The van der Waals surface area contributed by atoms with Gasteiger partial charge in [0.2, 0.25) is 27.7 Å². The molecule has 1 aliphatic heterocycles. The minimum atomic E-state index is -3.84. The summed E-state index contributed by atoms with van der Waals surface area (Å²) in [5.74, 6) is -0.970. The fourth-order valence-electron chi connectivity index (χ4n) is 2.39. The van der Waals surface area contributed by atoms with Crippen molar-refractivity contribution in [2.75, 3.05) is 11.4 Å². The predicted molar refractivity (Wildman–Crippen MR) is 84.5 cm³/mol. The van der Waals surface area contributed by atoms with Crippen LogP contribution in [0.5, 0.6) is 0 Å². The first-order valence-corrected chi connectivity index (χ1v) is 9.10. The summed E-state index contributed by atoms with van der Waals surface area (Å²) >= 11 is 0. The zero-order valence-electron chi connectivity index (χ0n) is 12.8. The molecule has 2 fully saturated rings. The van der Waals surface area contributed by atoms with E-state index in [0.717, 1.165) is 17.7 Å². The van der Waals surface area contributed by atoms with Gasteiger partial charge in [0.05, 0.1) is 17.1 Å². The van der Waals surface area contributed by atoms with Crippen molar-refractivity contribution >= 4 is 33.4 Å². The molecule has 2 aliphatic rings. The second-order valence-corrected chi connectivity index (χ2v) is 7.55. The number of sulfonamides is 1.